The highest BCUT2D eigenvalue weighted by Crippen LogP contribution is 2.34. The summed E-state index contributed by atoms with van der Waals surface area (Å²) in [7, 11) is 2.74. The Kier molecular flexibility index (Phi) is 7.43. The predicted octanol–water partition coefficient (Wildman–Crippen LogP) is 1.66. The number of hydrogen-bond donors (Lipinski definition) is 1. The number of nitrogens with zero attached hydrogens (tertiary/aromatic N) is 1. The number of amides is 1. The first-order chi connectivity index (χ1) is 14.9. The van der Waals surface area contributed by atoms with Crippen LogP contribution in [-0.4, -0.2) is 62.4 Å². The molecule has 1 aliphatic heterocycles. The Morgan fingerprint density at radius 3 is 2.45 bits per heavy atom. The van der Waals surface area contributed by atoms with Crippen molar-refractivity contribution in [2.24, 2.45) is 0 Å². The van der Waals surface area contributed by atoms with Gasteiger partial charge in [0.05, 0.1) is 31.8 Å². The molecule has 1 atom stereocenters. The highest BCUT2D eigenvalue weighted by atomic mass is 16.5. The number of aromatic hydroxyl groups is 1. The van der Waals surface area contributed by atoms with Gasteiger partial charge in [0.15, 0.2) is 5.76 Å². The molecule has 3 rings (SSSR count). The van der Waals surface area contributed by atoms with Crippen LogP contribution in [0.25, 0.3) is 0 Å². The van der Waals surface area contributed by atoms with E-state index < -0.39 is 23.1 Å². The average Bonchev–Trinajstić information content (AvgIpc) is 2.80. The molecule has 0 unspecified atom stereocenters. The number of benzene rings is 1. The van der Waals surface area contributed by atoms with Crippen LogP contribution in [0.15, 0.2) is 39.5 Å². The lowest BCUT2D eigenvalue weighted by atomic mass is 9.91. The molecule has 166 valence electrons. The summed E-state index contributed by atoms with van der Waals surface area (Å²) < 4.78 is 20.8. The lowest BCUT2D eigenvalue weighted by Crippen LogP contribution is -2.41. The van der Waals surface area contributed by atoms with Gasteiger partial charge in [-0.15, -0.1) is 0 Å². The van der Waals surface area contributed by atoms with Crippen LogP contribution in [0, 0.1) is 0 Å². The van der Waals surface area contributed by atoms with Crippen molar-refractivity contribution < 1.29 is 33.3 Å². The number of methoxy groups -OCH3 is 2. The molecule has 1 aliphatic rings. The molecule has 0 bridgehead atoms. The number of carbonyl (C=O) groups is 2. The molecule has 0 radical (unpaired) electrons. The second kappa shape index (κ2) is 10.2. The minimum Gasteiger partial charge on any atom is -0.502 e. The molecule has 1 fully saturated rings. The zero-order valence-corrected chi connectivity index (χ0v) is 17.5. The first-order valence-corrected chi connectivity index (χ1v) is 9.83. The number of morpholine rings is 1. The molecule has 1 aromatic heterocycles. The zero-order valence-electron chi connectivity index (χ0n) is 17.5. The third-order valence-electron chi connectivity index (χ3n) is 5.08. The first-order valence-electron chi connectivity index (χ1n) is 9.83. The molecule has 9 nitrogen and oxygen atoms in total. The molecule has 1 saturated heterocycles. The van der Waals surface area contributed by atoms with Gasteiger partial charge in [-0.1, -0.05) is 12.1 Å². The zero-order chi connectivity index (χ0) is 22.4. The Morgan fingerprint density at radius 1 is 1.16 bits per heavy atom. The number of ether oxygens (including phenoxy) is 3. The molecule has 2 aromatic rings. The van der Waals surface area contributed by atoms with Crippen LogP contribution in [-0.2, 0) is 25.6 Å². The number of esters is 1. The molecular weight excluding hydrogens is 406 g/mol. The number of carbonyl (C=O) groups excluding carboxylic acids is 2. The third kappa shape index (κ3) is 5.31. The fourth-order valence-electron chi connectivity index (χ4n) is 3.45. The molecule has 9 heteroatoms. The van der Waals surface area contributed by atoms with Crippen LogP contribution in [0.1, 0.15) is 39.8 Å². The fourth-order valence-corrected chi connectivity index (χ4v) is 3.45. The van der Waals surface area contributed by atoms with E-state index in [1.807, 2.05) is 0 Å². The van der Waals surface area contributed by atoms with E-state index >= 15 is 0 Å². The summed E-state index contributed by atoms with van der Waals surface area (Å²) in [4.78, 5) is 38.7. The molecule has 0 aliphatic carbocycles. The lowest BCUT2D eigenvalue weighted by molar-refractivity contribution is -0.135. The highest BCUT2D eigenvalue weighted by molar-refractivity contribution is 5.89. The molecule has 1 N–H and O–H groups in total. The molecule has 1 amide bonds. The average molecular weight is 431 g/mol. The molecule has 31 heavy (non-hydrogen) atoms. The Bertz CT molecular complexity index is 976. The Morgan fingerprint density at radius 2 is 1.84 bits per heavy atom. The van der Waals surface area contributed by atoms with Gasteiger partial charge >= 0.3 is 5.97 Å². The van der Waals surface area contributed by atoms with Crippen LogP contribution in [0.3, 0.4) is 0 Å². The van der Waals surface area contributed by atoms with Crippen LogP contribution in [0.2, 0.25) is 0 Å². The molecule has 0 saturated carbocycles. The fraction of sp³-hybridized carbons (Fsp3) is 0.409. The minimum absolute atomic E-state index is 0.0213. The van der Waals surface area contributed by atoms with Gasteiger partial charge in [-0.25, -0.2) is 4.79 Å². The van der Waals surface area contributed by atoms with Gasteiger partial charge < -0.3 is 28.6 Å². The van der Waals surface area contributed by atoms with Gasteiger partial charge in [-0.2, -0.15) is 0 Å². The van der Waals surface area contributed by atoms with Crippen LogP contribution in [0.5, 0.6) is 5.75 Å². The van der Waals surface area contributed by atoms with E-state index in [1.54, 1.807) is 29.2 Å². The summed E-state index contributed by atoms with van der Waals surface area (Å²) in [5.41, 5.74) is 0.314. The van der Waals surface area contributed by atoms with Gasteiger partial charge in [0.25, 0.3) is 0 Å². The Hall–Kier alpha value is -3.17. The van der Waals surface area contributed by atoms with Crippen molar-refractivity contribution in [3.05, 3.63) is 63.2 Å². The van der Waals surface area contributed by atoms with Gasteiger partial charge in [-0.05, 0) is 17.7 Å². The van der Waals surface area contributed by atoms with Gasteiger partial charge in [0.2, 0.25) is 17.1 Å². The van der Waals surface area contributed by atoms with Crippen molar-refractivity contribution in [3.63, 3.8) is 0 Å². The molecule has 2 heterocycles. The molecule has 0 spiro atoms. The van der Waals surface area contributed by atoms with Crippen molar-refractivity contribution in [2.75, 3.05) is 40.5 Å². The van der Waals surface area contributed by atoms with Crippen LogP contribution in [0.4, 0.5) is 0 Å². The predicted molar refractivity (Wildman–Crippen MR) is 109 cm³/mol. The minimum atomic E-state index is -0.744. The molecular formula is C22H25NO8. The number of rotatable bonds is 7. The van der Waals surface area contributed by atoms with E-state index in [0.717, 1.165) is 6.07 Å². The monoisotopic (exact) mass is 431 g/mol. The maximum atomic E-state index is 13.0. The first kappa shape index (κ1) is 22.5. The van der Waals surface area contributed by atoms with Crippen molar-refractivity contribution in [1.82, 2.24) is 4.90 Å². The standard InChI is InChI=1S/C22H25NO8/c1-28-13-16-11-18(24)20(26)21(31-16)17(12-19(25)23-7-9-30-10-8-23)14-3-5-15(6-4-14)22(27)29-2/h3-6,11,17,26H,7-10,12-13H2,1-2H3/t17-/m0/s1. The van der Waals surface area contributed by atoms with Crippen molar-refractivity contribution in [2.45, 2.75) is 18.9 Å². The van der Waals surface area contributed by atoms with Gasteiger partial charge in [-0.3, -0.25) is 9.59 Å². The SMILES string of the molecule is COCc1cc(=O)c(O)c([C@@H](CC(=O)N2CCOCC2)c2ccc(C(=O)OC)cc2)o1. The highest BCUT2D eigenvalue weighted by Gasteiger charge is 2.29. The quantitative estimate of drug-likeness (QED) is 0.658. The van der Waals surface area contributed by atoms with E-state index in [-0.39, 0.29) is 30.5 Å². The van der Waals surface area contributed by atoms with Crippen molar-refractivity contribution in [3.8, 4) is 5.75 Å². The van der Waals surface area contributed by atoms with E-state index in [1.165, 1.54) is 14.2 Å². The summed E-state index contributed by atoms with van der Waals surface area (Å²) in [5, 5.41) is 10.5. The maximum Gasteiger partial charge on any atom is 0.337 e. The lowest BCUT2D eigenvalue weighted by Gasteiger charge is -2.28. The smallest absolute Gasteiger partial charge is 0.337 e. The summed E-state index contributed by atoms with van der Waals surface area (Å²) >= 11 is 0. The Labute approximate surface area is 179 Å². The summed E-state index contributed by atoms with van der Waals surface area (Å²) in [5.74, 6) is -1.75. The van der Waals surface area contributed by atoms with Gasteiger partial charge in [0, 0.05) is 32.7 Å². The second-order valence-electron chi connectivity index (χ2n) is 7.09. The number of hydrogen-bond acceptors (Lipinski definition) is 8. The molecule has 1 aromatic carbocycles. The summed E-state index contributed by atoms with van der Waals surface area (Å²) in [6.07, 6.45) is -0.0372. The summed E-state index contributed by atoms with van der Waals surface area (Å²) in [6, 6.07) is 7.56. The second-order valence-corrected chi connectivity index (χ2v) is 7.09. The van der Waals surface area contributed by atoms with E-state index in [9.17, 15) is 19.5 Å². The van der Waals surface area contributed by atoms with Gasteiger partial charge in [0.1, 0.15) is 12.4 Å². The van der Waals surface area contributed by atoms with Crippen LogP contribution >= 0.6 is 0 Å². The maximum absolute atomic E-state index is 13.0. The third-order valence-corrected chi connectivity index (χ3v) is 5.08. The van der Waals surface area contributed by atoms with Crippen LogP contribution < -0.4 is 5.43 Å². The van der Waals surface area contributed by atoms with Crippen molar-refractivity contribution in [1.29, 1.82) is 0 Å². The van der Waals surface area contributed by atoms with E-state index in [4.69, 9.17) is 18.6 Å². The summed E-state index contributed by atoms with van der Waals surface area (Å²) in [6.45, 7) is 1.87. The normalized spacial score (nSPS) is 14.8. The van der Waals surface area contributed by atoms with Crippen molar-refractivity contribution >= 4 is 11.9 Å². The van der Waals surface area contributed by atoms with E-state index in [0.29, 0.717) is 37.4 Å². The van der Waals surface area contributed by atoms with E-state index in [2.05, 4.69) is 0 Å². The largest absolute Gasteiger partial charge is 0.502 e. The topological polar surface area (TPSA) is 116 Å². The Balaban J connectivity index is 2.01.